The van der Waals surface area contributed by atoms with Crippen molar-refractivity contribution in [2.24, 2.45) is 0 Å². The fraction of sp³-hybridized carbons (Fsp3) is 0.375. The first-order valence-corrected chi connectivity index (χ1v) is 7.05. The Morgan fingerprint density at radius 1 is 1.05 bits per heavy atom. The van der Waals surface area contributed by atoms with Gasteiger partial charge < -0.3 is 14.8 Å². The Labute approximate surface area is 125 Å². The van der Waals surface area contributed by atoms with Crippen molar-refractivity contribution in [1.82, 2.24) is 9.97 Å². The van der Waals surface area contributed by atoms with Gasteiger partial charge in [-0.05, 0) is 18.1 Å². The van der Waals surface area contributed by atoms with Crippen LogP contribution in [0.2, 0.25) is 0 Å². The van der Waals surface area contributed by atoms with Gasteiger partial charge in [-0.2, -0.15) is 0 Å². The van der Waals surface area contributed by atoms with Gasteiger partial charge in [0.2, 0.25) is 5.88 Å². The molecule has 0 spiro atoms. The average molecular weight is 287 g/mol. The van der Waals surface area contributed by atoms with E-state index in [1.807, 2.05) is 37.4 Å². The van der Waals surface area contributed by atoms with E-state index >= 15 is 0 Å². The Hall–Kier alpha value is -2.30. The lowest BCUT2D eigenvalue weighted by atomic mass is 10.1. The molecule has 0 atom stereocenters. The lowest BCUT2D eigenvalue weighted by Crippen LogP contribution is -2.12. The molecule has 21 heavy (non-hydrogen) atoms. The molecule has 1 aromatic heterocycles. The van der Waals surface area contributed by atoms with Crippen LogP contribution in [0.15, 0.2) is 36.7 Å². The molecule has 2 rings (SSSR count). The molecule has 1 aromatic carbocycles. The van der Waals surface area contributed by atoms with E-state index < -0.39 is 0 Å². The number of para-hydroxylation sites is 1. The SMILES string of the molecule is CNc1ncnc(OCCOc2ccccc2)c1C(C)C. The topological polar surface area (TPSA) is 56.3 Å². The minimum absolute atomic E-state index is 0.277. The molecule has 1 N–H and O–H groups in total. The molecular weight excluding hydrogens is 266 g/mol. The fourth-order valence-corrected chi connectivity index (χ4v) is 2.03. The molecule has 0 saturated carbocycles. The van der Waals surface area contributed by atoms with Gasteiger partial charge in [0.05, 0.1) is 5.56 Å². The molecule has 0 bridgehead atoms. The average Bonchev–Trinajstić information content (AvgIpc) is 2.52. The van der Waals surface area contributed by atoms with Crippen LogP contribution in [0, 0.1) is 0 Å². The van der Waals surface area contributed by atoms with E-state index in [2.05, 4.69) is 29.1 Å². The summed E-state index contributed by atoms with van der Waals surface area (Å²) >= 11 is 0. The summed E-state index contributed by atoms with van der Waals surface area (Å²) in [6.45, 7) is 5.09. The summed E-state index contributed by atoms with van der Waals surface area (Å²) in [7, 11) is 1.84. The number of anilines is 1. The van der Waals surface area contributed by atoms with Crippen molar-refractivity contribution in [1.29, 1.82) is 0 Å². The number of rotatable bonds is 7. The summed E-state index contributed by atoms with van der Waals surface area (Å²) < 4.78 is 11.3. The van der Waals surface area contributed by atoms with Crippen LogP contribution in [0.4, 0.5) is 5.82 Å². The van der Waals surface area contributed by atoms with Crippen LogP contribution in [0.3, 0.4) is 0 Å². The zero-order valence-corrected chi connectivity index (χ0v) is 12.7. The van der Waals surface area contributed by atoms with E-state index in [1.54, 1.807) is 0 Å². The first kappa shape index (κ1) is 15.1. The lowest BCUT2D eigenvalue weighted by Gasteiger charge is -2.16. The van der Waals surface area contributed by atoms with Crippen LogP contribution >= 0.6 is 0 Å². The van der Waals surface area contributed by atoms with Gasteiger partial charge in [-0.3, -0.25) is 0 Å². The molecule has 5 heteroatoms. The van der Waals surface area contributed by atoms with Gasteiger partial charge in [0.25, 0.3) is 0 Å². The van der Waals surface area contributed by atoms with E-state index in [9.17, 15) is 0 Å². The highest BCUT2D eigenvalue weighted by Gasteiger charge is 2.15. The molecule has 0 radical (unpaired) electrons. The highest BCUT2D eigenvalue weighted by atomic mass is 16.5. The summed E-state index contributed by atoms with van der Waals surface area (Å²) in [6.07, 6.45) is 1.51. The maximum Gasteiger partial charge on any atom is 0.222 e. The molecule has 112 valence electrons. The van der Waals surface area contributed by atoms with Crippen molar-refractivity contribution in [3.05, 3.63) is 42.2 Å². The molecule has 0 fully saturated rings. The van der Waals surface area contributed by atoms with Gasteiger partial charge >= 0.3 is 0 Å². The summed E-state index contributed by atoms with van der Waals surface area (Å²) in [5, 5.41) is 3.07. The predicted octanol–water partition coefficient (Wildman–Crippen LogP) is 3.10. The van der Waals surface area contributed by atoms with E-state index in [1.165, 1.54) is 6.33 Å². The molecule has 5 nitrogen and oxygen atoms in total. The molecule has 0 unspecified atom stereocenters. The predicted molar refractivity (Wildman–Crippen MR) is 83.1 cm³/mol. The zero-order chi connectivity index (χ0) is 15.1. The van der Waals surface area contributed by atoms with E-state index in [-0.39, 0.29) is 5.92 Å². The number of benzene rings is 1. The standard InChI is InChI=1S/C16H21N3O2/c1-12(2)14-15(17-3)18-11-19-16(14)21-10-9-20-13-7-5-4-6-8-13/h4-8,11-12H,9-10H2,1-3H3,(H,17,18,19). The third-order valence-corrected chi connectivity index (χ3v) is 3.00. The number of aromatic nitrogens is 2. The van der Waals surface area contributed by atoms with Gasteiger partial charge in [-0.1, -0.05) is 32.0 Å². The second kappa shape index (κ2) is 7.47. The van der Waals surface area contributed by atoms with Gasteiger partial charge in [0.15, 0.2) is 0 Å². The van der Waals surface area contributed by atoms with Crippen LogP contribution in [-0.4, -0.2) is 30.2 Å². The van der Waals surface area contributed by atoms with Crippen LogP contribution in [0.5, 0.6) is 11.6 Å². The first-order chi connectivity index (χ1) is 10.2. The van der Waals surface area contributed by atoms with Gasteiger partial charge in [0, 0.05) is 7.05 Å². The molecule has 2 aromatic rings. The Bertz CT molecular complexity index is 559. The highest BCUT2D eigenvalue weighted by molar-refractivity contribution is 5.50. The van der Waals surface area contributed by atoms with Crippen LogP contribution in [0.1, 0.15) is 25.3 Å². The third kappa shape index (κ3) is 4.08. The first-order valence-electron chi connectivity index (χ1n) is 7.05. The van der Waals surface area contributed by atoms with E-state index in [0.717, 1.165) is 17.1 Å². The van der Waals surface area contributed by atoms with Gasteiger partial charge in [0.1, 0.15) is 31.1 Å². The second-order valence-corrected chi connectivity index (χ2v) is 4.86. The maximum atomic E-state index is 5.75. The molecule has 0 amide bonds. The van der Waals surface area contributed by atoms with E-state index in [0.29, 0.717) is 19.1 Å². The van der Waals surface area contributed by atoms with Crippen LogP contribution in [0.25, 0.3) is 0 Å². The van der Waals surface area contributed by atoms with Gasteiger partial charge in [-0.15, -0.1) is 0 Å². The van der Waals surface area contributed by atoms with Crippen molar-refractivity contribution in [3.63, 3.8) is 0 Å². The molecular formula is C16H21N3O2. The summed E-state index contributed by atoms with van der Waals surface area (Å²) in [5.41, 5.74) is 0.986. The number of ether oxygens (including phenoxy) is 2. The number of hydrogen-bond donors (Lipinski definition) is 1. The molecule has 0 aliphatic carbocycles. The maximum absolute atomic E-state index is 5.75. The summed E-state index contributed by atoms with van der Waals surface area (Å²) in [5.74, 6) is 2.53. The lowest BCUT2D eigenvalue weighted by molar-refractivity contribution is 0.210. The quantitative estimate of drug-likeness (QED) is 0.793. The highest BCUT2D eigenvalue weighted by Crippen LogP contribution is 2.29. The van der Waals surface area contributed by atoms with Crippen LogP contribution in [-0.2, 0) is 0 Å². The van der Waals surface area contributed by atoms with E-state index in [4.69, 9.17) is 9.47 Å². The molecule has 0 aliphatic rings. The minimum Gasteiger partial charge on any atom is -0.490 e. The second-order valence-electron chi connectivity index (χ2n) is 4.86. The summed E-state index contributed by atoms with van der Waals surface area (Å²) in [6, 6.07) is 9.68. The fourth-order valence-electron chi connectivity index (χ4n) is 2.03. The number of nitrogens with one attached hydrogen (secondary N) is 1. The monoisotopic (exact) mass is 287 g/mol. The van der Waals surface area contributed by atoms with Crippen molar-refractivity contribution in [2.75, 3.05) is 25.6 Å². The van der Waals surface area contributed by atoms with Crippen LogP contribution < -0.4 is 14.8 Å². The van der Waals surface area contributed by atoms with Crippen molar-refractivity contribution >= 4 is 5.82 Å². The normalized spacial score (nSPS) is 10.5. The largest absolute Gasteiger partial charge is 0.490 e. The third-order valence-electron chi connectivity index (χ3n) is 3.00. The smallest absolute Gasteiger partial charge is 0.222 e. The van der Waals surface area contributed by atoms with Gasteiger partial charge in [-0.25, -0.2) is 9.97 Å². The number of hydrogen-bond acceptors (Lipinski definition) is 5. The summed E-state index contributed by atoms with van der Waals surface area (Å²) in [4.78, 5) is 8.45. The molecule has 0 saturated heterocycles. The molecule has 0 aliphatic heterocycles. The Morgan fingerprint density at radius 3 is 2.43 bits per heavy atom. The zero-order valence-electron chi connectivity index (χ0n) is 12.7. The number of nitrogens with zero attached hydrogens (tertiary/aromatic N) is 2. The minimum atomic E-state index is 0.277. The van der Waals surface area contributed by atoms with Crippen molar-refractivity contribution < 1.29 is 9.47 Å². The Kier molecular flexibility index (Phi) is 5.37. The Morgan fingerprint density at radius 2 is 1.76 bits per heavy atom. The van der Waals surface area contributed by atoms with Crippen molar-refractivity contribution in [2.45, 2.75) is 19.8 Å². The Balaban J connectivity index is 1.94. The van der Waals surface area contributed by atoms with Crippen molar-refractivity contribution in [3.8, 4) is 11.6 Å². The molecule has 1 heterocycles.